The number of aliphatic hydroxyl groups excluding tert-OH is 1. The van der Waals surface area contributed by atoms with Crippen molar-refractivity contribution < 1.29 is 10.0 Å². The molecule has 0 aromatic carbocycles. The van der Waals surface area contributed by atoms with Crippen LogP contribution in [0.25, 0.3) is 0 Å². The summed E-state index contributed by atoms with van der Waals surface area (Å²) in [7, 11) is 0. The average Bonchev–Trinajstić information content (AvgIpc) is 2.34. The van der Waals surface area contributed by atoms with Gasteiger partial charge in [0.25, 0.3) is 0 Å². The van der Waals surface area contributed by atoms with E-state index in [9.17, 15) is 10.1 Å². The van der Waals surface area contributed by atoms with Crippen molar-refractivity contribution in [2.45, 2.75) is 32.8 Å². The second-order valence-electron chi connectivity index (χ2n) is 4.12. The predicted octanol–water partition coefficient (Wildman–Crippen LogP) is 1.39. The van der Waals surface area contributed by atoms with Gasteiger partial charge in [-0.3, -0.25) is 10.1 Å². The zero-order valence-corrected chi connectivity index (χ0v) is 11.1. The molecular weight excluding hydrogens is 250 g/mol. The maximum Gasteiger partial charge on any atom is 0.353 e. The molecule has 19 heavy (non-hydrogen) atoms. The van der Waals surface area contributed by atoms with Crippen LogP contribution < -0.4 is 10.6 Å². The van der Waals surface area contributed by atoms with Crippen LogP contribution in [-0.2, 0) is 0 Å². The highest BCUT2D eigenvalue weighted by atomic mass is 16.6. The van der Waals surface area contributed by atoms with Gasteiger partial charge in [-0.1, -0.05) is 0 Å². The number of aliphatic hydroxyl groups is 1. The van der Waals surface area contributed by atoms with Gasteiger partial charge in [-0.15, -0.1) is 0 Å². The van der Waals surface area contributed by atoms with Crippen LogP contribution in [0.1, 0.15) is 26.7 Å². The number of nitro groups is 1. The molecule has 0 fully saturated rings. The molecule has 1 aromatic heterocycles. The molecule has 106 valence electrons. The van der Waals surface area contributed by atoms with Gasteiger partial charge in [0.15, 0.2) is 0 Å². The highest BCUT2D eigenvalue weighted by molar-refractivity contribution is 5.69. The Hall–Kier alpha value is -1.96. The fourth-order valence-corrected chi connectivity index (χ4v) is 1.58. The van der Waals surface area contributed by atoms with Crippen LogP contribution in [0.5, 0.6) is 0 Å². The van der Waals surface area contributed by atoms with E-state index >= 15 is 0 Å². The van der Waals surface area contributed by atoms with E-state index in [1.54, 1.807) is 6.92 Å². The number of hydrogen-bond acceptors (Lipinski definition) is 7. The van der Waals surface area contributed by atoms with Gasteiger partial charge in [-0.2, -0.15) is 0 Å². The Bertz CT molecular complexity index is 425. The molecule has 0 aliphatic carbocycles. The highest BCUT2D eigenvalue weighted by Crippen LogP contribution is 2.28. The number of anilines is 2. The number of nitrogens with zero attached hydrogens (tertiary/aromatic N) is 3. The van der Waals surface area contributed by atoms with Crippen LogP contribution in [0.3, 0.4) is 0 Å². The summed E-state index contributed by atoms with van der Waals surface area (Å²) in [6.45, 7) is 4.59. The number of hydrogen-bond donors (Lipinski definition) is 3. The third kappa shape index (κ3) is 4.66. The summed E-state index contributed by atoms with van der Waals surface area (Å²) in [4.78, 5) is 18.3. The third-order valence-corrected chi connectivity index (χ3v) is 2.44. The zero-order valence-electron chi connectivity index (χ0n) is 11.1. The Morgan fingerprint density at radius 2 is 2.05 bits per heavy atom. The topological polar surface area (TPSA) is 113 Å². The van der Waals surface area contributed by atoms with Crippen molar-refractivity contribution in [2.24, 2.45) is 0 Å². The first kappa shape index (κ1) is 15.1. The first-order chi connectivity index (χ1) is 9.06. The normalized spacial score (nSPS) is 11.9. The summed E-state index contributed by atoms with van der Waals surface area (Å²) in [5, 5.41) is 25.9. The van der Waals surface area contributed by atoms with Crippen LogP contribution in [0.15, 0.2) is 6.33 Å². The van der Waals surface area contributed by atoms with E-state index in [-0.39, 0.29) is 23.4 Å². The summed E-state index contributed by atoms with van der Waals surface area (Å²) in [5.41, 5.74) is -0.151. The summed E-state index contributed by atoms with van der Waals surface area (Å²) in [5.74, 6) is 0.405. The molecular formula is C11H19N5O3. The van der Waals surface area contributed by atoms with Crippen molar-refractivity contribution in [2.75, 3.05) is 23.7 Å². The molecule has 1 aromatic rings. The Morgan fingerprint density at radius 1 is 1.42 bits per heavy atom. The van der Waals surface area contributed by atoms with Gasteiger partial charge < -0.3 is 15.7 Å². The molecule has 0 saturated carbocycles. The van der Waals surface area contributed by atoms with Crippen LogP contribution >= 0.6 is 0 Å². The van der Waals surface area contributed by atoms with Crippen molar-refractivity contribution in [3.05, 3.63) is 16.4 Å². The molecule has 0 spiro atoms. The van der Waals surface area contributed by atoms with Gasteiger partial charge in [0.1, 0.15) is 6.33 Å². The lowest BCUT2D eigenvalue weighted by Gasteiger charge is -2.09. The van der Waals surface area contributed by atoms with E-state index in [2.05, 4.69) is 20.6 Å². The van der Waals surface area contributed by atoms with Crippen LogP contribution in [0.4, 0.5) is 17.3 Å². The molecule has 1 unspecified atom stereocenters. The van der Waals surface area contributed by atoms with Crippen LogP contribution in [-0.4, -0.2) is 39.2 Å². The fraction of sp³-hybridized carbons (Fsp3) is 0.636. The Kier molecular flexibility index (Phi) is 5.94. The molecule has 0 radical (unpaired) electrons. The van der Waals surface area contributed by atoms with Gasteiger partial charge >= 0.3 is 5.69 Å². The van der Waals surface area contributed by atoms with Crippen LogP contribution in [0, 0.1) is 10.1 Å². The smallest absolute Gasteiger partial charge is 0.353 e. The number of aromatic nitrogens is 2. The van der Waals surface area contributed by atoms with Crippen LogP contribution in [0.2, 0.25) is 0 Å². The van der Waals surface area contributed by atoms with Gasteiger partial charge in [-0.25, -0.2) is 9.97 Å². The Morgan fingerprint density at radius 3 is 2.58 bits per heavy atom. The molecule has 3 N–H and O–H groups in total. The van der Waals surface area contributed by atoms with Crippen molar-refractivity contribution >= 4 is 17.3 Å². The third-order valence-electron chi connectivity index (χ3n) is 2.44. The highest BCUT2D eigenvalue weighted by Gasteiger charge is 2.22. The van der Waals surface area contributed by atoms with Crippen molar-refractivity contribution in [3.63, 3.8) is 0 Å². The second kappa shape index (κ2) is 7.47. The van der Waals surface area contributed by atoms with Gasteiger partial charge in [0.05, 0.1) is 11.0 Å². The van der Waals surface area contributed by atoms with Gasteiger partial charge in [-0.05, 0) is 26.7 Å². The van der Waals surface area contributed by atoms with Crippen molar-refractivity contribution in [3.8, 4) is 0 Å². The average molecular weight is 269 g/mol. The fourth-order valence-electron chi connectivity index (χ4n) is 1.58. The molecule has 1 rings (SSSR count). The lowest BCUT2D eigenvalue weighted by molar-refractivity contribution is -0.383. The van der Waals surface area contributed by atoms with Crippen molar-refractivity contribution in [1.82, 2.24) is 9.97 Å². The lowest BCUT2D eigenvalue weighted by Crippen LogP contribution is -2.11. The van der Waals surface area contributed by atoms with Gasteiger partial charge in [0.2, 0.25) is 11.6 Å². The number of nitrogens with one attached hydrogen (secondary N) is 2. The molecule has 0 aliphatic heterocycles. The molecule has 1 heterocycles. The molecule has 8 heteroatoms. The van der Waals surface area contributed by atoms with E-state index in [1.807, 2.05) is 6.92 Å². The molecule has 0 bridgehead atoms. The maximum absolute atomic E-state index is 11.1. The SMILES string of the molecule is CCNc1ncnc(NCCCC(C)O)c1[N+](=O)[O-]. The standard InChI is InChI=1S/C11H19N5O3/c1-3-12-10-9(16(18)19)11(15-7-14-10)13-6-4-5-8(2)17/h7-8,17H,3-6H2,1-2H3,(H2,12,13,14,15). The number of rotatable bonds is 8. The largest absolute Gasteiger partial charge is 0.393 e. The first-order valence-electron chi connectivity index (χ1n) is 6.21. The van der Waals surface area contributed by atoms with E-state index in [0.29, 0.717) is 25.9 Å². The minimum absolute atomic E-state index is 0.151. The zero-order chi connectivity index (χ0) is 14.3. The van der Waals surface area contributed by atoms with Gasteiger partial charge in [0, 0.05) is 13.1 Å². The first-order valence-corrected chi connectivity index (χ1v) is 6.21. The maximum atomic E-state index is 11.1. The summed E-state index contributed by atoms with van der Waals surface area (Å²) < 4.78 is 0. The lowest BCUT2D eigenvalue weighted by atomic mass is 10.2. The molecule has 0 saturated heterocycles. The minimum atomic E-state index is -0.505. The molecule has 0 aliphatic rings. The molecule has 8 nitrogen and oxygen atoms in total. The molecule has 1 atom stereocenters. The predicted molar refractivity (Wildman–Crippen MR) is 72.3 cm³/mol. The van der Waals surface area contributed by atoms with E-state index in [1.165, 1.54) is 6.33 Å². The monoisotopic (exact) mass is 269 g/mol. The summed E-state index contributed by atoms with van der Waals surface area (Å²) in [6, 6.07) is 0. The molecule has 0 amide bonds. The second-order valence-corrected chi connectivity index (χ2v) is 4.12. The minimum Gasteiger partial charge on any atom is -0.393 e. The van der Waals surface area contributed by atoms with Crippen molar-refractivity contribution in [1.29, 1.82) is 0 Å². The van der Waals surface area contributed by atoms with E-state index < -0.39 is 4.92 Å². The quantitative estimate of drug-likeness (QED) is 0.371. The Balaban J connectivity index is 2.76. The van der Waals surface area contributed by atoms with E-state index in [4.69, 9.17) is 5.11 Å². The summed E-state index contributed by atoms with van der Waals surface area (Å²) in [6.07, 6.45) is 2.24. The van der Waals surface area contributed by atoms with E-state index in [0.717, 1.165) is 0 Å². The summed E-state index contributed by atoms with van der Waals surface area (Å²) >= 11 is 0. The Labute approximate surface area is 111 Å².